The molecule has 3 aromatic rings. The lowest BCUT2D eigenvalue weighted by Gasteiger charge is -2.15. The molecule has 0 aliphatic heterocycles. The third-order valence-corrected chi connectivity index (χ3v) is 6.03. The Morgan fingerprint density at radius 1 is 1.38 bits per heavy atom. The molecule has 3 heterocycles. The van der Waals surface area contributed by atoms with Crippen molar-refractivity contribution in [1.29, 1.82) is 0 Å². The normalized spacial score (nSPS) is 18.4. The van der Waals surface area contributed by atoms with E-state index in [0.29, 0.717) is 23.2 Å². The van der Waals surface area contributed by atoms with Crippen molar-refractivity contribution in [2.45, 2.75) is 57.4 Å². The van der Waals surface area contributed by atoms with Gasteiger partial charge in [-0.15, -0.1) is 0 Å². The van der Waals surface area contributed by atoms with Gasteiger partial charge in [0.1, 0.15) is 34.9 Å². The van der Waals surface area contributed by atoms with Crippen molar-refractivity contribution in [2.24, 2.45) is 0 Å². The van der Waals surface area contributed by atoms with Crippen molar-refractivity contribution in [1.82, 2.24) is 19.7 Å². The molecule has 0 N–H and O–H groups in total. The maximum absolute atomic E-state index is 11.3. The predicted molar refractivity (Wildman–Crippen MR) is 97.4 cm³/mol. The average Bonchev–Trinajstić information content (AvgIpc) is 3.52. The summed E-state index contributed by atoms with van der Waals surface area (Å²) in [6, 6.07) is 0. The van der Waals surface area contributed by atoms with Crippen LogP contribution in [0.15, 0.2) is 10.9 Å². The van der Waals surface area contributed by atoms with Gasteiger partial charge in [-0.25, -0.2) is 9.97 Å². The number of fused-ring (bicyclic) bond motifs is 1. The van der Waals surface area contributed by atoms with E-state index in [-0.39, 0.29) is 5.54 Å². The maximum atomic E-state index is 11.3. The molecule has 0 radical (unpaired) electrons. The molecule has 0 bridgehead atoms. The van der Waals surface area contributed by atoms with Gasteiger partial charge in [0.25, 0.3) is 0 Å². The van der Waals surface area contributed by atoms with E-state index in [1.54, 1.807) is 0 Å². The van der Waals surface area contributed by atoms with Gasteiger partial charge in [0.05, 0.1) is 5.39 Å². The highest BCUT2D eigenvalue weighted by atomic mass is 35.5. The van der Waals surface area contributed by atoms with Crippen LogP contribution >= 0.6 is 11.6 Å². The van der Waals surface area contributed by atoms with E-state index in [1.165, 1.54) is 6.33 Å². The van der Waals surface area contributed by atoms with Gasteiger partial charge < -0.3 is 13.9 Å². The van der Waals surface area contributed by atoms with Crippen LogP contribution < -0.4 is 0 Å². The van der Waals surface area contributed by atoms with Crippen LogP contribution in [0.25, 0.3) is 22.3 Å². The first-order valence-corrected chi connectivity index (χ1v) is 9.37. The van der Waals surface area contributed by atoms with Crippen LogP contribution in [-0.2, 0) is 16.8 Å². The van der Waals surface area contributed by atoms with Crippen molar-refractivity contribution in [3.05, 3.63) is 28.5 Å². The van der Waals surface area contributed by atoms with Crippen molar-refractivity contribution in [2.75, 3.05) is 0 Å². The molecule has 6 nitrogen and oxygen atoms in total. The average molecular weight is 371 g/mol. The summed E-state index contributed by atoms with van der Waals surface area (Å²) in [5.41, 5.74) is 4.40. The van der Waals surface area contributed by atoms with Crippen LogP contribution in [0.2, 0.25) is 5.15 Å². The molecule has 0 amide bonds. The van der Waals surface area contributed by atoms with Crippen molar-refractivity contribution in [3.8, 4) is 11.3 Å². The molecule has 3 aromatic heterocycles. The fourth-order valence-corrected chi connectivity index (χ4v) is 4.23. The minimum atomic E-state index is 0.0478. The van der Waals surface area contributed by atoms with E-state index in [0.717, 1.165) is 65.6 Å². The molecular weight excluding hydrogens is 352 g/mol. The number of hydrogen-bond donors (Lipinski definition) is 0. The maximum Gasteiger partial charge on any atom is 0.146 e. The molecule has 2 fully saturated rings. The SMILES string of the molecule is Cc1c(-c2noc(C3CC3)c2CC=O)c2c(Cl)ncnc2n1C1(C)CC1. The molecular formula is C19H19ClN4O2. The van der Waals surface area contributed by atoms with Gasteiger partial charge in [-0.1, -0.05) is 16.8 Å². The number of carbonyl (C=O) groups is 1. The summed E-state index contributed by atoms with van der Waals surface area (Å²) in [5.74, 6) is 1.23. The van der Waals surface area contributed by atoms with Gasteiger partial charge in [-0.3, -0.25) is 0 Å². The Balaban J connectivity index is 1.83. The number of carbonyl (C=O) groups excluding carboxylic acids is 1. The molecule has 7 heteroatoms. The first kappa shape index (κ1) is 16.0. The Hall–Kier alpha value is -2.21. The van der Waals surface area contributed by atoms with E-state index in [9.17, 15) is 4.79 Å². The molecule has 2 saturated carbocycles. The third-order valence-electron chi connectivity index (χ3n) is 5.74. The van der Waals surface area contributed by atoms with Crippen LogP contribution in [0.4, 0.5) is 0 Å². The number of nitrogens with zero attached hydrogens (tertiary/aromatic N) is 4. The first-order chi connectivity index (χ1) is 12.5. The second-order valence-corrected chi connectivity index (χ2v) is 8.03. The van der Waals surface area contributed by atoms with Crippen LogP contribution in [-0.4, -0.2) is 26.0 Å². The zero-order valence-electron chi connectivity index (χ0n) is 14.8. The minimum absolute atomic E-state index is 0.0478. The van der Waals surface area contributed by atoms with Crippen LogP contribution in [0.5, 0.6) is 0 Å². The smallest absolute Gasteiger partial charge is 0.146 e. The van der Waals surface area contributed by atoms with Gasteiger partial charge in [0.2, 0.25) is 0 Å². The second-order valence-electron chi connectivity index (χ2n) is 7.67. The zero-order valence-corrected chi connectivity index (χ0v) is 15.5. The molecule has 26 heavy (non-hydrogen) atoms. The Bertz CT molecular complexity index is 1040. The van der Waals surface area contributed by atoms with Gasteiger partial charge in [-0.05, 0) is 39.5 Å². The highest BCUT2D eigenvalue weighted by molar-refractivity contribution is 6.35. The number of rotatable bonds is 5. The summed E-state index contributed by atoms with van der Waals surface area (Å²) in [5, 5.41) is 5.57. The molecule has 0 atom stereocenters. The summed E-state index contributed by atoms with van der Waals surface area (Å²) in [4.78, 5) is 20.0. The first-order valence-electron chi connectivity index (χ1n) is 8.99. The molecule has 0 spiro atoms. The summed E-state index contributed by atoms with van der Waals surface area (Å²) < 4.78 is 7.93. The van der Waals surface area contributed by atoms with Crippen molar-refractivity contribution >= 4 is 28.9 Å². The standard InChI is InChI=1S/C19H19ClN4O2/c1-10-13(15-12(5-8-25)16(26-23-15)11-3-4-11)14-17(20)21-9-22-18(14)24(10)19(2)6-7-19/h8-9,11H,3-7H2,1-2H3. The molecule has 134 valence electrons. The molecule has 0 unspecified atom stereocenters. The van der Waals surface area contributed by atoms with Gasteiger partial charge in [0, 0.05) is 34.7 Å². The Kier molecular flexibility index (Phi) is 3.32. The number of aromatic nitrogens is 4. The summed E-state index contributed by atoms with van der Waals surface area (Å²) >= 11 is 6.49. The molecule has 2 aliphatic carbocycles. The Morgan fingerprint density at radius 3 is 2.81 bits per heavy atom. The predicted octanol–water partition coefficient (Wildman–Crippen LogP) is 4.18. The van der Waals surface area contributed by atoms with E-state index in [2.05, 4.69) is 33.5 Å². The molecule has 2 aliphatic rings. The van der Waals surface area contributed by atoms with Gasteiger partial charge in [-0.2, -0.15) is 0 Å². The third kappa shape index (κ3) is 2.18. The van der Waals surface area contributed by atoms with E-state index in [1.807, 2.05) is 0 Å². The minimum Gasteiger partial charge on any atom is -0.360 e. The number of hydrogen-bond acceptors (Lipinski definition) is 5. The largest absolute Gasteiger partial charge is 0.360 e. The Labute approximate surface area is 155 Å². The second kappa shape index (κ2) is 5.39. The molecule has 0 saturated heterocycles. The lowest BCUT2D eigenvalue weighted by Crippen LogP contribution is -2.14. The summed E-state index contributed by atoms with van der Waals surface area (Å²) in [7, 11) is 0. The van der Waals surface area contributed by atoms with E-state index >= 15 is 0 Å². The number of aldehydes is 1. The van der Waals surface area contributed by atoms with Crippen LogP contribution in [0.3, 0.4) is 0 Å². The van der Waals surface area contributed by atoms with Crippen molar-refractivity contribution < 1.29 is 9.32 Å². The van der Waals surface area contributed by atoms with E-state index in [4.69, 9.17) is 16.1 Å². The molecule has 5 rings (SSSR count). The topological polar surface area (TPSA) is 73.8 Å². The number of halogens is 1. The van der Waals surface area contributed by atoms with Crippen LogP contribution in [0.1, 0.15) is 55.5 Å². The van der Waals surface area contributed by atoms with Crippen molar-refractivity contribution in [3.63, 3.8) is 0 Å². The quantitative estimate of drug-likeness (QED) is 0.497. The van der Waals surface area contributed by atoms with Crippen LogP contribution in [0, 0.1) is 6.92 Å². The van der Waals surface area contributed by atoms with E-state index < -0.39 is 0 Å². The highest BCUT2D eigenvalue weighted by Crippen LogP contribution is 2.50. The fraction of sp³-hybridized carbons (Fsp3) is 0.474. The molecule has 0 aromatic carbocycles. The van der Waals surface area contributed by atoms with Gasteiger partial charge in [0.15, 0.2) is 0 Å². The lowest BCUT2D eigenvalue weighted by molar-refractivity contribution is -0.107. The summed E-state index contributed by atoms with van der Waals surface area (Å²) in [6.45, 7) is 4.29. The van der Waals surface area contributed by atoms with Gasteiger partial charge >= 0.3 is 0 Å². The summed E-state index contributed by atoms with van der Waals surface area (Å²) in [6.07, 6.45) is 7.08. The lowest BCUT2D eigenvalue weighted by atomic mass is 10.0. The monoisotopic (exact) mass is 370 g/mol. The highest BCUT2D eigenvalue weighted by Gasteiger charge is 2.43. The fourth-order valence-electron chi connectivity index (χ4n) is 4.01. The Morgan fingerprint density at radius 2 is 2.15 bits per heavy atom. The zero-order chi connectivity index (χ0) is 18.1.